The van der Waals surface area contributed by atoms with Gasteiger partial charge < -0.3 is 10.1 Å². The van der Waals surface area contributed by atoms with Crippen LogP contribution in [-0.4, -0.2) is 17.6 Å². The smallest absolute Gasteiger partial charge is 0.325 e. The van der Waals surface area contributed by atoms with E-state index >= 15 is 0 Å². The number of halogens is 1. The van der Waals surface area contributed by atoms with E-state index in [1.807, 2.05) is 13.8 Å². The molecule has 21 heavy (non-hydrogen) atoms. The molecule has 0 aliphatic rings. The van der Waals surface area contributed by atoms with E-state index in [-0.39, 0.29) is 5.69 Å². The number of benzene rings is 1. The van der Waals surface area contributed by atoms with E-state index in [9.17, 15) is 9.18 Å². The zero-order chi connectivity index (χ0) is 15.2. The number of nitrogens with one attached hydrogen (secondary N) is 2. The van der Waals surface area contributed by atoms with Gasteiger partial charge in [-0.3, -0.25) is 5.32 Å². The summed E-state index contributed by atoms with van der Waals surface area (Å²) in [5, 5.41) is 7.34. The monoisotopic (exact) mass is 309 g/mol. The van der Waals surface area contributed by atoms with Crippen molar-refractivity contribution < 1.29 is 13.9 Å². The van der Waals surface area contributed by atoms with E-state index in [1.165, 1.54) is 29.5 Å². The van der Waals surface area contributed by atoms with Gasteiger partial charge in [0.05, 0.1) is 12.3 Å². The summed E-state index contributed by atoms with van der Waals surface area (Å²) >= 11 is 1.29. The number of aromatic nitrogens is 1. The number of amides is 2. The lowest BCUT2D eigenvalue weighted by Gasteiger charge is -2.14. The Bertz CT molecular complexity index is 602. The molecule has 2 N–H and O–H groups in total. The number of urea groups is 1. The third-order valence-electron chi connectivity index (χ3n) is 2.41. The van der Waals surface area contributed by atoms with Gasteiger partial charge in [-0.05, 0) is 18.1 Å². The van der Waals surface area contributed by atoms with Gasteiger partial charge in [-0.15, -0.1) is 11.3 Å². The summed E-state index contributed by atoms with van der Waals surface area (Å²) in [7, 11) is 0. The average molecular weight is 309 g/mol. The molecule has 112 valence electrons. The minimum atomic E-state index is -0.495. The van der Waals surface area contributed by atoms with Crippen molar-refractivity contribution in [3.8, 4) is 5.75 Å². The van der Waals surface area contributed by atoms with Gasteiger partial charge in [0.1, 0.15) is 11.6 Å². The molecule has 0 bridgehead atoms. The van der Waals surface area contributed by atoms with Crippen molar-refractivity contribution in [1.82, 2.24) is 4.98 Å². The second kappa shape index (κ2) is 7.03. The molecular formula is C14H16FN3O2S. The number of thiazole rings is 1. The van der Waals surface area contributed by atoms with Crippen molar-refractivity contribution in [2.24, 2.45) is 5.92 Å². The van der Waals surface area contributed by atoms with Crippen molar-refractivity contribution in [2.45, 2.75) is 13.8 Å². The fourth-order valence-corrected chi connectivity index (χ4v) is 2.04. The van der Waals surface area contributed by atoms with Crippen molar-refractivity contribution >= 4 is 28.2 Å². The number of hydrogen-bond donors (Lipinski definition) is 2. The first-order chi connectivity index (χ1) is 10.0. The molecule has 2 aromatic rings. The van der Waals surface area contributed by atoms with Gasteiger partial charge in [-0.2, -0.15) is 0 Å². The lowest BCUT2D eigenvalue weighted by atomic mass is 10.2. The number of rotatable bonds is 5. The highest BCUT2D eigenvalue weighted by Gasteiger charge is 2.11. The van der Waals surface area contributed by atoms with Crippen LogP contribution in [0, 0.1) is 11.7 Å². The Kier molecular flexibility index (Phi) is 5.10. The van der Waals surface area contributed by atoms with E-state index in [1.54, 1.807) is 11.6 Å². The Morgan fingerprint density at radius 1 is 1.43 bits per heavy atom. The van der Waals surface area contributed by atoms with Gasteiger partial charge in [-0.1, -0.05) is 13.8 Å². The summed E-state index contributed by atoms with van der Waals surface area (Å²) in [6.07, 6.45) is 1.58. The molecule has 0 radical (unpaired) electrons. The minimum Gasteiger partial charge on any atom is -0.491 e. The molecule has 2 rings (SSSR count). The molecule has 2 amide bonds. The summed E-state index contributed by atoms with van der Waals surface area (Å²) in [6.45, 7) is 4.49. The maximum atomic E-state index is 13.3. The van der Waals surface area contributed by atoms with Crippen LogP contribution >= 0.6 is 11.3 Å². The summed E-state index contributed by atoms with van der Waals surface area (Å²) in [4.78, 5) is 15.8. The number of carbonyl (C=O) groups excluding carboxylic acids is 1. The largest absolute Gasteiger partial charge is 0.491 e. The number of nitrogens with zero attached hydrogens (tertiary/aromatic N) is 1. The number of anilines is 2. The molecule has 0 atom stereocenters. The molecule has 0 aliphatic heterocycles. The third-order valence-corrected chi connectivity index (χ3v) is 3.10. The number of carbonyl (C=O) groups is 1. The molecule has 0 unspecified atom stereocenters. The van der Waals surface area contributed by atoms with Crippen molar-refractivity contribution in [2.75, 3.05) is 17.2 Å². The Morgan fingerprint density at radius 3 is 2.90 bits per heavy atom. The SMILES string of the molecule is CC(C)COc1ccc(F)cc1NC(=O)Nc1nccs1. The molecular weight excluding hydrogens is 293 g/mol. The van der Waals surface area contributed by atoms with Gasteiger partial charge in [0.25, 0.3) is 0 Å². The highest BCUT2D eigenvalue weighted by atomic mass is 32.1. The Hall–Kier alpha value is -2.15. The number of ether oxygens (including phenoxy) is 1. The summed E-state index contributed by atoms with van der Waals surface area (Å²) in [5.41, 5.74) is 0.282. The molecule has 0 aliphatic carbocycles. The van der Waals surface area contributed by atoms with Crippen molar-refractivity contribution in [1.29, 1.82) is 0 Å². The van der Waals surface area contributed by atoms with E-state index in [4.69, 9.17) is 4.74 Å². The Balaban J connectivity index is 2.06. The lowest BCUT2D eigenvalue weighted by Crippen LogP contribution is -2.20. The number of hydrogen-bond acceptors (Lipinski definition) is 4. The van der Waals surface area contributed by atoms with Crippen molar-refractivity contribution in [3.05, 3.63) is 35.6 Å². The van der Waals surface area contributed by atoms with Crippen LogP contribution < -0.4 is 15.4 Å². The zero-order valence-corrected chi connectivity index (χ0v) is 12.5. The molecule has 1 aromatic heterocycles. The van der Waals surface area contributed by atoms with Crippen LogP contribution in [0.3, 0.4) is 0 Å². The van der Waals surface area contributed by atoms with Crippen molar-refractivity contribution in [3.63, 3.8) is 0 Å². The predicted octanol–water partition coefficient (Wildman–Crippen LogP) is 3.96. The van der Waals surface area contributed by atoms with Crippen LogP contribution in [0.15, 0.2) is 29.8 Å². The second-order valence-electron chi connectivity index (χ2n) is 4.76. The first kappa shape index (κ1) is 15.2. The molecule has 5 nitrogen and oxygen atoms in total. The van der Waals surface area contributed by atoms with Gasteiger partial charge >= 0.3 is 6.03 Å². The Labute approximate surface area is 126 Å². The fourth-order valence-electron chi connectivity index (χ4n) is 1.52. The summed E-state index contributed by atoms with van der Waals surface area (Å²) in [5.74, 6) is 0.308. The van der Waals surface area contributed by atoms with E-state index in [0.717, 1.165) is 0 Å². The second-order valence-corrected chi connectivity index (χ2v) is 5.66. The van der Waals surface area contributed by atoms with Crippen LogP contribution in [0.4, 0.5) is 20.0 Å². The van der Waals surface area contributed by atoms with E-state index < -0.39 is 11.8 Å². The first-order valence-electron chi connectivity index (χ1n) is 6.44. The van der Waals surface area contributed by atoms with E-state index in [2.05, 4.69) is 15.6 Å². The van der Waals surface area contributed by atoms with Gasteiger partial charge in [-0.25, -0.2) is 14.2 Å². The van der Waals surface area contributed by atoms with Crippen LogP contribution in [0.2, 0.25) is 0 Å². The third kappa shape index (κ3) is 4.71. The topological polar surface area (TPSA) is 63.2 Å². The van der Waals surface area contributed by atoms with Crippen LogP contribution in [0.1, 0.15) is 13.8 Å². The summed E-state index contributed by atoms with van der Waals surface area (Å²) < 4.78 is 18.9. The quantitative estimate of drug-likeness (QED) is 0.878. The maximum absolute atomic E-state index is 13.3. The highest BCUT2D eigenvalue weighted by molar-refractivity contribution is 7.13. The van der Waals surface area contributed by atoms with Gasteiger partial charge in [0.2, 0.25) is 0 Å². The molecule has 0 spiro atoms. The van der Waals surface area contributed by atoms with Gasteiger partial charge in [0, 0.05) is 17.6 Å². The predicted molar refractivity (Wildman–Crippen MR) is 81.5 cm³/mol. The van der Waals surface area contributed by atoms with Crippen LogP contribution in [0.5, 0.6) is 5.75 Å². The van der Waals surface area contributed by atoms with Crippen LogP contribution in [-0.2, 0) is 0 Å². The van der Waals surface area contributed by atoms with Gasteiger partial charge in [0.15, 0.2) is 5.13 Å². The molecule has 1 heterocycles. The summed E-state index contributed by atoms with van der Waals surface area (Å²) in [6, 6.07) is 3.51. The standard InChI is InChI=1S/C14H16FN3O2S/c1-9(2)8-20-12-4-3-10(15)7-11(12)17-13(19)18-14-16-5-6-21-14/h3-7,9H,8H2,1-2H3,(H2,16,17,18,19). The van der Waals surface area contributed by atoms with Crippen LogP contribution in [0.25, 0.3) is 0 Å². The van der Waals surface area contributed by atoms with E-state index in [0.29, 0.717) is 23.4 Å². The lowest BCUT2D eigenvalue weighted by molar-refractivity contribution is 0.260. The average Bonchev–Trinajstić information content (AvgIpc) is 2.90. The normalized spacial score (nSPS) is 10.5. The minimum absolute atomic E-state index is 0.282. The molecule has 1 aromatic carbocycles. The first-order valence-corrected chi connectivity index (χ1v) is 7.32. The maximum Gasteiger partial charge on any atom is 0.325 e. The molecule has 0 fully saturated rings. The molecule has 0 saturated heterocycles. The highest BCUT2D eigenvalue weighted by Crippen LogP contribution is 2.26. The Morgan fingerprint density at radius 2 is 2.24 bits per heavy atom. The zero-order valence-electron chi connectivity index (χ0n) is 11.7. The molecule has 0 saturated carbocycles. The fraction of sp³-hybridized carbons (Fsp3) is 0.286. The molecule has 7 heteroatoms.